The predicted molar refractivity (Wildman–Crippen MR) is 167 cm³/mol. The molecule has 2 N–H and O–H groups in total. The third kappa shape index (κ3) is 29.2. The van der Waals surface area contributed by atoms with Crippen LogP contribution in [0.25, 0.3) is 0 Å². The Morgan fingerprint density at radius 2 is 1.03 bits per heavy atom. The SMILES string of the molecule is CCCC/C=C\CCCCCCCC(=O)N[C@H](C)CCCCNC(=O)CCCCCCCCCCCCC. The smallest absolute Gasteiger partial charge is 0.220 e. The molecule has 1 atom stereocenters. The van der Waals surface area contributed by atoms with Gasteiger partial charge in [-0.3, -0.25) is 9.59 Å². The van der Waals surface area contributed by atoms with Crippen molar-refractivity contribution in [2.45, 2.75) is 187 Å². The van der Waals surface area contributed by atoms with Crippen LogP contribution in [0.3, 0.4) is 0 Å². The number of carbonyl (C=O) groups excluding carboxylic acids is 2. The summed E-state index contributed by atoms with van der Waals surface area (Å²) in [6.45, 7) is 7.35. The van der Waals surface area contributed by atoms with E-state index in [9.17, 15) is 9.59 Å². The van der Waals surface area contributed by atoms with Crippen molar-refractivity contribution in [3.63, 3.8) is 0 Å². The fourth-order valence-electron chi connectivity index (χ4n) is 4.90. The predicted octanol–water partition coefficient (Wildman–Crippen LogP) is 9.96. The van der Waals surface area contributed by atoms with Gasteiger partial charge in [0.2, 0.25) is 11.8 Å². The normalized spacial score (nSPS) is 12.2. The third-order valence-electron chi connectivity index (χ3n) is 7.47. The molecule has 0 aliphatic carbocycles. The van der Waals surface area contributed by atoms with Gasteiger partial charge in [0.15, 0.2) is 0 Å². The van der Waals surface area contributed by atoms with Crippen molar-refractivity contribution in [3.05, 3.63) is 12.2 Å². The van der Waals surface area contributed by atoms with Crippen molar-refractivity contribution in [3.8, 4) is 0 Å². The first-order valence-corrected chi connectivity index (χ1v) is 16.8. The van der Waals surface area contributed by atoms with Crippen molar-refractivity contribution >= 4 is 11.8 Å². The standard InChI is InChI=1S/C34H66N2O2/c1-4-6-8-10-12-14-16-18-20-22-24-29-33(37)35-31-27-26-28-32(3)36-34(38)30-25-23-21-19-17-15-13-11-9-7-5-2/h11,13,32H,4-10,12,14-31H2,1-3H3,(H,35,37)(H,36,38)/b13-11-/t32-/m1/s1. The largest absolute Gasteiger partial charge is 0.356 e. The van der Waals surface area contributed by atoms with Gasteiger partial charge in [0, 0.05) is 25.4 Å². The molecular formula is C34H66N2O2. The monoisotopic (exact) mass is 535 g/mol. The Hall–Kier alpha value is -1.32. The molecule has 0 aliphatic rings. The van der Waals surface area contributed by atoms with E-state index in [1.165, 1.54) is 109 Å². The summed E-state index contributed by atoms with van der Waals surface area (Å²) in [4.78, 5) is 24.2. The van der Waals surface area contributed by atoms with Gasteiger partial charge < -0.3 is 10.6 Å². The zero-order valence-electron chi connectivity index (χ0n) is 25.9. The molecule has 0 fully saturated rings. The van der Waals surface area contributed by atoms with Gasteiger partial charge in [-0.15, -0.1) is 0 Å². The first-order valence-electron chi connectivity index (χ1n) is 16.8. The molecule has 2 amide bonds. The number of amides is 2. The van der Waals surface area contributed by atoms with Gasteiger partial charge in [-0.05, 0) is 58.3 Å². The summed E-state index contributed by atoms with van der Waals surface area (Å²) >= 11 is 0. The minimum absolute atomic E-state index is 0.191. The molecule has 0 aromatic rings. The lowest BCUT2D eigenvalue weighted by Crippen LogP contribution is -2.32. The topological polar surface area (TPSA) is 58.2 Å². The van der Waals surface area contributed by atoms with E-state index in [1.807, 2.05) is 0 Å². The molecule has 0 aromatic carbocycles. The molecule has 4 nitrogen and oxygen atoms in total. The number of carbonyl (C=O) groups is 2. The summed E-state index contributed by atoms with van der Waals surface area (Å²) in [5, 5.41) is 6.21. The summed E-state index contributed by atoms with van der Waals surface area (Å²) in [5.41, 5.74) is 0. The molecule has 0 aliphatic heterocycles. The minimum Gasteiger partial charge on any atom is -0.356 e. The number of hydrogen-bond acceptors (Lipinski definition) is 2. The van der Waals surface area contributed by atoms with Gasteiger partial charge in [-0.1, -0.05) is 122 Å². The van der Waals surface area contributed by atoms with Crippen molar-refractivity contribution in [1.82, 2.24) is 10.6 Å². The summed E-state index contributed by atoms with van der Waals surface area (Å²) in [6, 6.07) is 0.217. The van der Waals surface area contributed by atoms with Crippen LogP contribution in [0.5, 0.6) is 0 Å². The minimum atomic E-state index is 0.191. The number of allylic oxidation sites excluding steroid dienone is 2. The molecule has 0 aromatic heterocycles. The molecule has 0 rings (SSSR count). The quantitative estimate of drug-likeness (QED) is 0.0741. The molecule has 38 heavy (non-hydrogen) atoms. The Kier molecular flexibility index (Phi) is 29.2. The highest BCUT2D eigenvalue weighted by molar-refractivity contribution is 5.76. The Morgan fingerprint density at radius 3 is 1.61 bits per heavy atom. The number of nitrogens with one attached hydrogen (secondary N) is 2. The molecule has 224 valence electrons. The maximum Gasteiger partial charge on any atom is 0.220 e. The molecule has 0 bridgehead atoms. The fourth-order valence-corrected chi connectivity index (χ4v) is 4.90. The molecule has 4 heteroatoms. The fraction of sp³-hybridized carbons (Fsp3) is 0.882. The summed E-state index contributed by atoms with van der Waals surface area (Å²) in [7, 11) is 0. The lowest BCUT2D eigenvalue weighted by molar-refractivity contribution is -0.122. The zero-order chi connectivity index (χ0) is 27.9. The highest BCUT2D eigenvalue weighted by Crippen LogP contribution is 2.12. The van der Waals surface area contributed by atoms with Crippen molar-refractivity contribution < 1.29 is 9.59 Å². The van der Waals surface area contributed by atoms with Crippen LogP contribution in [0.2, 0.25) is 0 Å². The van der Waals surface area contributed by atoms with Crippen LogP contribution < -0.4 is 10.6 Å². The number of rotatable bonds is 29. The van der Waals surface area contributed by atoms with E-state index in [0.29, 0.717) is 12.8 Å². The zero-order valence-corrected chi connectivity index (χ0v) is 25.9. The first kappa shape index (κ1) is 36.7. The maximum atomic E-state index is 12.2. The van der Waals surface area contributed by atoms with Gasteiger partial charge in [0.1, 0.15) is 0 Å². The number of hydrogen-bond donors (Lipinski definition) is 2. The lowest BCUT2D eigenvalue weighted by Gasteiger charge is -2.14. The van der Waals surface area contributed by atoms with Crippen LogP contribution >= 0.6 is 0 Å². The van der Waals surface area contributed by atoms with E-state index in [4.69, 9.17) is 0 Å². The van der Waals surface area contributed by atoms with E-state index in [0.717, 1.165) is 45.1 Å². The number of unbranched alkanes of at least 4 members (excludes halogenated alkanes) is 18. The third-order valence-corrected chi connectivity index (χ3v) is 7.47. The molecule has 0 saturated heterocycles. The Morgan fingerprint density at radius 1 is 0.553 bits per heavy atom. The molecule has 0 saturated carbocycles. The average molecular weight is 535 g/mol. The van der Waals surface area contributed by atoms with Gasteiger partial charge in [-0.25, -0.2) is 0 Å². The summed E-state index contributed by atoms with van der Waals surface area (Å²) in [5.74, 6) is 0.391. The van der Waals surface area contributed by atoms with Crippen molar-refractivity contribution in [2.75, 3.05) is 6.54 Å². The van der Waals surface area contributed by atoms with Crippen LogP contribution in [-0.4, -0.2) is 24.4 Å². The van der Waals surface area contributed by atoms with Gasteiger partial charge >= 0.3 is 0 Å². The van der Waals surface area contributed by atoms with Crippen LogP contribution in [0, 0.1) is 0 Å². The van der Waals surface area contributed by atoms with Gasteiger partial charge in [-0.2, -0.15) is 0 Å². The molecular weight excluding hydrogens is 468 g/mol. The van der Waals surface area contributed by atoms with Gasteiger partial charge in [0.25, 0.3) is 0 Å². The average Bonchev–Trinajstić information content (AvgIpc) is 2.90. The Labute approximate surface area is 238 Å². The van der Waals surface area contributed by atoms with E-state index in [1.54, 1.807) is 0 Å². The second-order valence-electron chi connectivity index (χ2n) is 11.5. The highest BCUT2D eigenvalue weighted by Gasteiger charge is 2.07. The van der Waals surface area contributed by atoms with E-state index >= 15 is 0 Å². The Balaban J connectivity index is 3.42. The van der Waals surface area contributed by atoms with E-state index in [2.05, 4.69) is 43.6 Å². The Bertz CT molecular complexity index is 547. The molecule has 0 heterocycles. The summed E-state index contributed by atoms with van der Waals surface area (Å²) < 4.78 is 0. The molecule has 0 spiro atoms. The summed E-state index contributed by atoms with van der Waals surface area (Å²) in [6.07, 6.45) is 34.3. The van der Waals surface area contributed by atoms with E-state index in [-0.39, 0.29) is 17.9 Å². The van der Waals surface area contributed by atoms with Crippen molar-refractivity contribution in [2.24, 2.45) is 0 Å². The second kappa shape index (κ2) is 30.2. The molecule has 0 radical (unpaired) electrons. The second-order valence-corrected chi connectivity index (χ2v) is 11.5. The lowest BCUT2D eigenvalue weighted by atomic mass is 10.1. The maximum absolute atomic E-state index is 12.2. The van der Waals surface area contributed by atoms with Crippen LogP contribution in [0.15, 0.2) is 12.2 Å². The highest BCUT2D eigenvalue weighted by atomic mass is 16.2. The van der Waals surface area contributed by atoms with Gasteiger partial charge in [0.05, 0.1) is 0 Å². The van der Waals surface area contributed by atoms with E-state index < -0.39 is 0 Å². The first-order chi connectivity index (χ1) is 18.6. The van der Waals surface area contributed by atoms with Crippen LogP contribution in [0.1, 0.15) is 181 Å². The van der Waals surface area contributed by atoms with Crippen LogP contribution in [-0.2, 0) is 9.59 Å². The van der Waals surface area contributed by atoms with Crippen molar-refractivity contribution in [1.29, 1.82) is 0 Å². The van der Waals surface area contributed by atoms with Crippen LogP contribution in [0.4, 0.5) is 0 Å². The molecule has 0 unspecified atom stereocenters.